The van der Waals surface area contributed by atoms with E-state index in [1.165, 1.54) is 0 Å². The highest BCUT2D eigenvalue weighted by Crippen LogP contribution is 2.17. The molecule has 0 aliphatic carbocycles. The Bertz CT molecular complexity index is 358. The second kappa shape index (κ2) is 5.14. The first kappa shape index (κ1) is 12.5. The molecular formula is C12H21N3O2. The molecule has 0 amide bonds. The number of ether oxygens (including phenoxy) is 1. The van der Waals surface area contributed by atoms with Crippen LogP contribution >= 0.6 is 0 Å². The zero-order valence-electron chi connectivity index (χ0n) is 10.8. The van der Waals surface area contributed by atoms with E-state index < -0.39 is 0 Å². The summed E-state index contributed by atoms with van der Waals surface area (Å²) in [5, 5.41) is 7.14. The van der Waals surface area contributed by atoms with Gasteiger partial charge < -0.3 is 14.6 Å². The number of rotatable bonds is 6. The standard InChI is InChI=1S/C12H21N3O2/c1-9(2)4-5-10-14-11(17-15-10)6-16-12(3)7-13-8-12/h9,13H,4-8H2,1-3H3. The van der Waals surface area contributed by atoms with Crippen molar-refractivity contribution < 1.29 is 9.26 Å². The van der Waals surface area contributed by atoms with Crippen LogP contribution in [-0.4, -0.2) is 28.8 Å². The Labute approximate surface area is 102 Å². The summed E-state index contributed by atoms with van der Waals surface area (Å²) < 4.78 is 10.9. The quantitative estimate of drug-likeness (QED) is 0.816. The molecule has 1 fully saturated rings. The largest absolute Gasteiger partial charge is 0.363 e. The zero-order chi connectivity index (χ0) is 12.3. The predicted molar refractivity (Wildman–Crippen MR) is 63.5 cm³/mol. The third kappa shape index (κ3) is 3.51. The number of hydrogen-bond acceptors (Lipinski definition) is 5. The van der Waals surface area contributed by atoms with Crippen molar-refractivity contribution in [2.45, 2.75) is 45.8 Å². The Balaban J connectivity index is 1.77. The minimum Gasteiger partial charge on any atom is -0.363 e. The summed E-state index contributed by atoms with van der Waals surface area (Å²) >= 11 is 0. The minimum absolute atomic E-state index is 0.0629. The number of aromatic nitrogens is 2. The van der Waals surface area contributed by atoms with Crippen LogP contribution in [0, 0.1) is 5.92 Å². The second-order valence-electron chi connectivity index (χ2n) is 5.38. The highest BCUT2D eigenvalue weighted by Gasteiger charge is 2.32. The van der Waals surface area contributed by atoms with E-state index in [9.17, 15) is 0 Å². The van der Waals surface area contributed by atoms with Gasteiger partial charge in [-0.2, -0.15) is 4.98 Å². The monoisotopic (exact) mass is 239 g/mol. The van der Waals surface area contributed by atoms with Gasteiger partial charge in [-0.15, -0.1) is 0 Å². The van der Waals surface area contributed by atoms with Crippen molar-refractivity contribution in [2.75, 3.05) is 13.1 Å². The van der Waals surface area contributed by atoms with Gasteiger partial charge in [-0.25, -0.2) is 0 Å². The maximum absolute atomic E-state index is 5.73. The molecule has 1 aromatic heterocycles. The number of nitrogens with zero attached hydrogens (tertiary/aromatic N) is 2. The molecule has 0 unspecified atom stereocenters. The molecule has 0 radical (unpaired) electrons. The molecule has 5 heteroatoms. The maximum Gasteiger partial charge on any atom is 0.252 e. The first-order valence-corrected chi connectivity index (χ1v) is 6.23. The molecule has 1 aliphatic rings. The molecule has 96 valence electrons. The van der Waals surface area contributed by atoms with E-state index in [2.05, 4.69) is 36.2 Å². The van der Waals surface area contributed by atoms with Gasteiger partial charge in [0.05, 0.1) is 5.60 Å². The summed E-state index contributed by atoms with van der Waals surface area (Å²) in [6.07, 6.45) is 1.96. The Morgan fingerprint density at radius 3 is 2.82 bits per heavy atom. The third-order valence-electron chi connectivity index (χ3n) is 3.00. The zero-order valence-corrected chi connectivity index (χ0v) is 10.8. The average molecular weight is 239 g/mol. The lowest BCUT2D eigenvalue weighted by Gasteiger charge is -2.38. The van der Waals surface area contributed by atoms with Gasteiger partial charge in [-0.3, -0.25) is 0 Å². The van der Waals surface area contributed by atoms with Gasteiger partial charge in [0.25, 0.3) is 5.89 Å². The lowest BCUT2D eigenvalue weighted by Crippen LogP contribution is -2.58. The van der Waals surface area contributed by atoms with E-state index in [1.54, 1.807) is 0 Å². The second-order valence-corrected chi connectivity index (χ2v) is 5.38. The van der Waals surface area contributed by atoms with Crippen molar-refractivity contribution in [2.24, 2.45) is 5.92 Å². The van der Waals surface area contributed by atoms with Crippen LogP contribution in [0.25, 0.3) is 0 Å². The van der Waals surface area contributed by atoms with Crippen LogP contribution in [0.3, 0.4) is 0 Å². The first-order valence-electron chi connectivity index (χ1n) is 6.23. The molecule has 1 N–H and O–H groups in total. The molecule has 0 bridgehead atoms. The molecular weight excluding hydrogens is 218 g/mol. The minimum atomic E-state index is -0.0629. The van der Waals surface area contributed by atoms with Crippen LogP contribution in [0.1, 0.15) is 38.9 Å². The number of nitrogens with one attached hydrogen (secondary N) is 1. The van der Waals surface area contributed by atoms with E-state index in [0.29, 0.717) is 18.4 Å². The molecule has 1 aliphatic heterocycles. The van der Waals surface area contributed by atoms with E-state index in [0.717, 1.165) is 31.8 Å². The van der Waals surface area contributed by atoms with Crippen LogP contribution in [0.5, 0.6) is 0 Å². The van der Waals surface area contributed by atoms with E-state index in [1.807, 2.05) is 0 Å². The average Bonchev–Trinajstić information content (AvgIpc) is 2.69. The molecule has 0 aromatic carbocycles. The summed E-state index contributed by atoms with van der Waals surface area (Å²) in [5.41, 5.74) is -0.0629. The summed E-state index contributed by atoms with van der Waals surface area (Å²) in [6.45, 7) is 8.65. The van der Waals surface area contributed by atoms with Gasteiger partial charge in [0.15, 0.2) is 5.82 Å². The lowest BCUT2D eigenvalue weighted by molar-refractivity contribution is -0.0841. The number of hydrogen-bond donors (Lipinski definition) is 1. The van der Waals surface area contributed by atoms with Crippen molar-refractivity contribution >= 4 is 0 Å². The van der Waals surface area contributed by atoms with Gasteiger partial charge in [0.2, 0.25) is 0 Å². The van der Waals surface area contributed by atoms with Gasteiger partial charge in [0, 0.05) is 19.5 Å². The fraction of sp³-hybridized carbons (Fsp3) is 0.833. The third-order valence-corrected chi connectivity index (χ3v) is 3.00. The van der Waals surface area contributed by atoms with Gasteiger partial charge >= 0.3 is 0 Å². The van der Waals surface area contributed by atoms with Gasteiger partial charge in [-0.05, 0) is 19.3 Å². The Morgan fingerprint density at radius 1 is 1.47 bits per heavy atom. The summed E-state index contributed by atoms with van der Waals surface area (Å²) in [6, 6.07) is 0. The predicted octanol–water partition coefficient (Wildman–Crippen LogP) is 1.54. The molecule has 17 heavy (non-hydrogen) atoms. The Hall–Kier alpha value is -0.940. The van der Waals surface area contributed by atoms with Gasteiger partial charge in [-0.1, -0.05) is 19.0 Å². The fourth-order valence-electron chi connectivity index (χ4n) is 1.68. The normalized spacial score (nSPS) is 18.4. The molecule has 0 spiro atoms. The van der Waals surface area contributed by atoms with Crippen LogP contribution < -0.4 is 5.32 Å². The smallest absolute Gasteiger partial charge is 0.252 e. The fourth-order valence-corrected chi connectivity index (χ4v) is 1.68. The highest BCUT2D eigenvalue weighted by molar-refractivity contribution is 4.92. The molecule has 0 atom stereocenters. The van der Waals surface area contributed by atoms with E-state index in [4.69, 9.17) is 9.26 Å². The van der Waals surface area contributed by atoms with Crippen molar-refractivity contribution in [3.63, 3.8) is 0 Å². The molecule has 2 rings (SSSR count). The molecule has 1 aromatic rings. The lowest BCUT2D eigenvalue weighted by atomic mass is 10.0. The van der Waals surface area contributed by atoms with Crippen molar-refractivity contribution in [3.05, 3.63) is 11.7 Å². The van der Waals surface area contributed by atoms with Crippen molar-refractivity contribution in [1.82, 2.24) is 15.5 Å². The van der Waals surface area contributed by atoms with Crippen LogP contribution in [0.15, 0.2) is 4.52 Å². The SMILES string of the molecule is CC(C)CCc1noc(COC2(C)CNC2)n1. The topological polar surface area (TPSA) is 60.2 Å². The molecule has 2 heterocycles. The highest BCUT2D eigenvalue weighted by atomic mass is 16.5. The Kier molecular flexibility index (Phi) is 3.79. The van der Waals surface area contributed by atoms with Crippen LogP contribution in [0.2, 0.25) is 0 Å². The summed E-state index contributed by atoms with van der Waals surface area (Å²) in [4.78, 5) is 4.32. The number of aryl methyl sites for hydroxylation is 1. The van der Waals surface area contributed by atoms with Crippen LogP contribution in [-0.2, 0) is 17.8 Å². The van der Waals surface area contributed by atoms with Crippen molar-refractivity contribution in [1.29, 1.82) is 0 Å². The Morgan fingerprint density at radius 2 is 2.24 bits per heavy atom. The summed E-state index contributed by atoms with van der Waals surface area (Å²) in [5.74, 6) is 2.03. The van der Waals surface area contributed by atoms with E-state index in [-0.39, 0.29) is 5.60 Å². The summed E-state index contributed by atoms with van der Waals surface area (Å²) in [7, 11) is 0. The van der Waals surface area contributed by atoms with Gasteiger partial charge in [0.1, 0.15) is 6.61 Å². The molecule has 5 nitrogen and oxygen atoms in total. The van der Waals surface area contributed by atoms with Crippen molar-refractivity contribution in [3.8, 4) is 0 Å². The maximum atomic E-state index is 5.73. The molecule has 0 saturated carbocycles. The molecule has 1 saturated heterocycles. The van der Waals surface area contributed by atoms with Crippen LogP contribution in [0.4, 0.5) is 0 Å². The first-order chi connectivity index (χ1) is 8.07. The van der Waals surface area contributed by atoms with E-state index >= 15 is 0 Å².